The van der Waals surface area contributed by atoms with E-state index < -0.39 is 11.9 Å². The van der Waals surface area contributed by atoms with Gasteiger partial charge in [0.1, 0.15) is 0 Å². The first-order valence-corrected chi connectivity index (χ1v) is 9.02. The van der Waals surface area contributed by atoms with Gasteiger partial charge in [-0.25, -0.2) is 4.98 Å². The van der Waals surface area contributed by atoms with Gasteiger partial charge in [-0.05, 0) is 19.4 Å². The molecule has 1 heterocycles. The number of rotatable bonds is 8. The lowest BCUT2D eigenvalue weighted by atomic mass is 10.4. The van der Waals surface area contributed by atoms with Crippen LogP contribution in [0.5, 0.6) is 0 Å². The molecule has 0 radical (unpaired) electrons. The van der Waals surface area contributed by atoms with Crippen LogP contribution < -0.4 is 10.6 Å². The number of thiazole rings is 1. The third-order valence-corrected chi connectivity index (χ3v) is 4.77. The molecule has 25 heavy (non-hydrogen) atoms. The van der Waals surface area contributed by atoms with E-state index >= 15 is 0 Å². The van der Waals surface area contributed by atoms with Crippen LogP contribution in [0.15, 0.2) is 10.4 Å². The molecule has 1 aromatic rings. The topological polar surface area (TPSA) is 52.5 Å². The zero-order chi connectivity index (χ0) is 17.6. The molecular weight excluding hydrogens is 466 g/mol. The molecule has 0 amide bonds. The summed E-state index contributed by atoms with van der Waals surface area (Å²) < 4.78 is 37.5. The summed E-state index contributed by atoms with van der Waals surface area (Å²) in [4.78, 5) is 10.2. The van der Waals surface area contributed by atoms with Gasteiger partial charge in [0, 0.05) is 44.5 Å². The maximum Gasteiger partial charge on any atom is 0.434 e. The van der Waals surface area contributed by atoms with Crippen LogP contribution in [0.25, 0.3) is 0 Å². The highest BCUT2D eigenvalue weighted by Gasteiger charge is 2.33. The summed E-state index contributed by atoms with van der Waals surface area (Å²) in [7, 11) is 1.68. The monoisotopic (exact) mass is 491 g/mol. The molecule has 0 aliphatic heterocycles. The van der Waals surface area contributed by atoms with E-state index in [9.17, 15) is 13.2 Å². The summed E-state index contributed by atoms with van der Waals surface area (Å²) in [5.74, 6) is 0.662. The molecule has 5 nitrogen and oxygen atoms in total. The highest BCUT2D eigenvalue weighted by molar-refractivity contribution is 14.0. The second kappa shape index (κ2) is 10.5. The number of guanidine groups is 1. The summed E-state index contributed by atoms with van der Waals surface area (Å²) in [5, 5.41) is 7.86. The predicted molar refractivity (Wildman–Crippen MR) is 106 cm³/mol. The van der Waals surface area contributed by atoms with E-state index in [0.29, 0.717) is 23.9 Å². The minimum absolute atomic E-state index is 0. The average Bonchev–Trinajstić information content (AvgIpc) is 3.26. The van der Waals surface area contributed by atoms with Crippen LogP contribution in [0.3, 0.4) is 0 Å². The Morgan fingerprint density at radius 2 is 2.04 bits per heavy atom. The molecule has 2 rings (SSSR count). The van der Waals surface area contributed by atoms with Crippen molar-refractivity contribution in [3.8, 4) is 0 Å². The Morgan fingerprint density at radius 3 is 2.56 bits per heavy atom. The quantitative estimate of drug-likeness (QED) is 0.334. The molecule has 0 spiro atoms. The van der Waals surface area contributed by atoms with Crippen LogP contribution in [-0.2, 0) is 12.6 Å². The Morgan fingerprint density at radius 1 is 1.36 bits per heavy atom. The van der Waals surface area contributed by atoms with E-state index in [0.717, 1.165) is 42.4 Å². The molecular formula is C15H25F3IN5S. The molecule has 1 aromatic heterocycles. The molecule has 1 saturated carbocycles. The molecule has 0 atom stereocenters. The van der Waals surface area contributed by atoms with Crippen LogP contribution in [0.2, 0.25) is 0 Å². The number of aliphatic imine (C=N–C) groups is 1. The number of likely N-dealkylation sites (N-methyl/N-ethyl adjacent to an activating group) is 1. The van der Waals surface area contributed by atoms with Crippen molar-refractivity contribution in [3.05, 3.63) is 16.1 Å². The van der Waals surface area contributed by atoms with Gasteiger partial charge in [-0.1, -0.05) is 6.92 Å². The van der Waals surface area contributed by atoms with Gasteiger partial charge in [0.25, 0.3) is 0 Å². The molecule has 1 aliphatic carbocycles. The van der Waals surface area contributed by atoms with Crippen molar-refractivity contribution in [2.45, 2.75) is 38.4 Å². The van der Waals surface area contributed by atoms with Gasteiger partial charge < -0.3 is 10.6 Å². The molecule has 2 N–H and O–H groups in total. The predicted octanol–water partition coefficient (Wildman–Crippen LogP) is 2.97. The lowest BCUT2D eigenvalue weighted by molar-refractivity contribution is -0.140. The van der Waals surface area contributed by atoms with Crippen molar-refractivity contribution in [2.24, 2.45) is 4.99 Å². The standard InChI is InChI=1S/C15H24F3N5S.HI/c1-3-23(11-4-5-11)9-8-21-14(19-2)20-7-6-13-22-12(10-24-13)15(16,17)18;/h10-11H,3-9H2,1-2H3,(H2,19,20,21);1H. The maximum atomic E-state index is 12.5. The molecule has 0 unspecified atom stereocenters. The van der Waals surface area contributed by atoms with E-state index in [1.54, 1.807) is 7.05 Å². The number of halogens is 4. The van der Waals surface area contributed by atoms with E-state index in [2.05, 4.69) is 32.4 Å². The lowest BCUT2D eigenvalue weighted by Gasteiger charge is -2.20. The van der Waals surface area contributed by atoms with Gasteiger partial charge in [-0.3, -0.25) is 9.89 Å². The minimum Gasteiger partial charge on any atom is -0.356 e. The van der Waals surface area contributed by atoms with Gasteiger partial charge >= 0.3 is 6.18 Å². The minimum atomic E-state index is -4.37. The van der Waals surface area contributed by atoms with Crippen LogP contribution in [0, 0.1) is 0 Å². The smallest absolute Gasteiger partial charge is 0.356 e. The number of nitrogens with zero attached hydrogens (tertiary/aromatic N) is 3. The largest absolute Gasteiger partial charge is 0.434 e. The second-order valence-electron chi connectivity index (χ2n) is 5.66. The summed E-state index contributed by atoms with van der Waals surface area (Å²) in [5.41, 5.74) is -0.815. The first kappa shape index (κ1) is 22.4. The molecule has 144 valence electrons. The Hall–Kier alpha value is -0.620. The maximum absolute atomic E-state index is 12.5. The van der Waals surface area contributed by atoms with Crippen LogP contribution in [-0.4, -0.2) is 55.1 Å². The van der Waals surface area contributed by atoms with Gasteiger partial charge in [0.05, 0.1) is 5.01 Å². The Kier molecular flexibility index (Phi) is 9.43. The highest BCUT2D eigenvalue weighted by Crippen LogP contribution is 2.30. The van der Waals surface area contributed by atoms with Crippen molar-refractivity contribution in [3.63, 3.8) is 0 Å². The molecule has 10 heteroatoms. The highest BCUT2D eigenvalue weighted by atomic mass is 127. The summed E-state index contributed by atoms with van der Waals surface area (Å²) in [6, 6.07) is 0.736. The first-order chi connectivity index (χ1) is 11.4. The zero-order valence-corrected chi connectivity index (χ0v) is 17.5. The van der Waals surface area contributed by atoms with E-state index in [-0.39, 0.29) is 24.0 Å². The number of alkyl halides is 3. The SMILES string of the molecule is CCN(CCNC(=NC)NCCc1nc(C(F)(F)F)cs1)C1CC1.I. The van der Waals surface area contributed by atoms with Gasteiger partial charge in [0.2, 0.25) is 0 Å². The van der Waals surface area contributed by atoms with E-state index in [1.807, 2.05) is 0 Å². The number of hydrogen-bond donors (Lipinski definition) is 2. The van der Waals surface area contributed by atoms with Gasteiger partial charge in [-0.2, -0.15) is 13.2 Å². The van der Waals surface area contributed by atoms with Crippen LogP contribution >= 0.6 is 35.3 Å². The summed E-state index contributed by atoms with van der Waals surface area (Å²) >= 11 is 1.03. The number of hydrogen-bond acceptors (Lipinski definition) is 4. The summed E-state index contributed by atoms with van der Waals surface area (Å²) in [6.07, 6.45) is -1.36. The van der Waals surface area contributed by atoms with Crippen molar-refractivity contribution >= 4 is 41.3 Å². The molecule has 0 bridgehead atoms. The average molecular weight is 491 g/mol. The normalized spacial score (nSPS) is 15.2. The lowest BCUT2D eigenvalue weighted by Crippen LogP contribution is -2.42. The number of aromatic nitrogens is 1. The molecule has 0 aromatic carbocycles. The third-order valence-electron chi connectivity index (χ3n) is 3.86. The third kappa shape index (κ3) is 7.65. The van der Waals surface area contributed by atoms with Gasteiger partial charge in [-0.15, -0.1) is 35.3 Å². The summed E-state index contributed by atoms with van der Waals surface area (Å²) in [6.45, 7) is 5.45. The van der Waals surface area contributed by atoms with Crippen LogP contribution in [0.4, 0.5) is 13.2 Å². The molecule has 1 fully saturated rings. The van der Waals surface area contributed by atoms with E-state index in [4.69, 9.17) is 0 Å². The zero-order valence-electron chi connectivity index (χ0n) is 14.4. The van der Waals surface area contributed by atoms with Crippen molar-refractivity contribution in [2.75, 3.05) is 33.2 Å². The van der Waals surface area contributed by atoms with Gasteiger partial charge in [0.15, 0.2) is 11.7 Å². The fourth-order valence-electron chi connectivity index (χ4n) is 2.42. The first-order valence-electron chi connectivity index (χ1n) is 8.14. The van der Waals surface area contributed by atoms with Crippen molar-refractivity contribution in [1.29, 1.82) is 0 Å². The Bertz CT molecular complexity index is 546. The molecule has 0 saturated heterocycles. The molecule has 1 aliphatic rings. The second-order valence-corrected chi connectivity index (χ2v) is 6.60. The Balaban J connectivity index is 0.00000312. The van der Waals surface area contributed by atoms with Crippen molar-refractivity contribution < 1.29 is 13.2 Å². The fourth-order valence-corrected chi connectivity index (χ4v) is 3.23. The Labute approximate surface area is 167 Å². The van der Waals surface area contributed by atoms with Crippen LogP contribution in [0.1, 0.15) is 30.5 Å². The van der Waals surface area contributed by atoms with E-state index in [1.165, 1.54) is 12.8 Å². The fraction of sp³-hybridized carbons (Fsp3) is 0.733. The number of nitrogens with one attached hydrogen (secondary N) is 2. The van der Waals surface area contributed by atoms with Crippen molar-refractivity contribution in [1.82, 2.24) is 20.5 Å².